The first-order valence-electron chi connectivity index (χ1n) is 5.59. The first kappa shape index (κ1) is 13.7. The number of hydrogen-bond donors (Lipinski definition) is 2. The summed E-state index contributed by atoms with van der Waals surface area (Å²) in [6.07, 6.45) is 0. The zero-order valence-corrected chi connectivity index (χ0v) is 10.4. The average molecular weight is 241 g/mol. The molecule has 5 nitrogen and oxygen atoms in total. The summed E-state index contributed by atoms with van der Waals surface area (Å²) in [5.41, 5.74) is -1.21. The standard InChI is InChI=1S/C12H19NO4/c1-4-16-7-11(14)13-8-12(3,15)10-6-5-9(2)17-10/h5-6,15H,4,7-8H2,1-3H3,(H,13,14)/t12-/m0/s1. The number of carbonyl (C=O) groups is 1. The molecule has 0 aliphatic rings. The molecule has 0 radical (unpaired) electrons. The maximum absolute atomic E-state index is 11.3. The van der Waals surface area contributed by atoms with E-state index in [0.717, 1.165) is 5.76 Å². The van der Waals surface area contributed by atoms with Crippen LogP contribution in [0, 0.1) is 6.92 Å². The maximum atomic E-state index is 11.3. The number of furan rings is 1. The Balaban J connectivity index is 2.47. The first-order chi connectivity index (χ1) is 7.95. The molecule has 0 spiro atoms. The van der Waals surface area contributed by atoms with Crippen LogP contribution in [0.2, 0.25) is 0 Å². The minimum atomic E-state index is -1.21. The number of nitrogens with one attached hydrogen (secondary N) is 1. The Morgan fingerprint density at radius 3 is 2.82 bits per heavy atom. The van der Waals surface area contributed by atoms with E-state index in [1.807, 2.05) is 6.92 Å². The van der Waals surface area contributed by atoms with Crippen LogP contribution in [0.15, 0.2) is 16.5 Å². The second-order valence-corrected chi connectivity index (χ2v) is 4.10. The van der Waals surface area contributed by atoms with Crippen LogP contribution in [-0.2, 0) is 15.1 Å². The molecule has 1 rings (SSSR count). The quantitative estimate of drug-likeness (QED) is 0.777. The van der Waals surface area contributed by atoms with E-state index in [0.29, 0.717) is 12.4 Å². The van der Waals surface area contributed by atoms with Crippen LogP contribution >= 0.6 is 0 Å². The van der Waals surface area contributed by atoms with Crippen LogP contribution in [0.4, 0.5) is 0 Å². The van der Waals surface area contributed by atoms with Crippen molar-refractivity contribution in [2.24, 2.45) is 0 Å². The van der Waals surface area contributed by atoms with E-state index < -0.39 is 5.60 Å². The summed E-state index contributed by atoms with van der Waals surface area (Å²) < 4.78 is 10.3. The van der Waals surface area contributed by atoms with Crippen molar-refractivity contribution in [2.75, 3.05) is 19.8 Å². The van der Waals surface area contributed by atoms with Crippen molar-refractivity contribution in [1.82, 2.24) is 5.32 Å². The van der Waals surface area contributed by atoms with Gasteiger partial charge in [-0.15, -0.1) is 0 Å². The van der Waals surface area contributed by atoms with Gasteiger partial charge in [-0.05, 0) is 32.9 Å². The molecule has 1 aromatic heterocycles. The van der Waals surface area contributed by atoms with Crippen LogP contribution in [0.25, 0.3) is 0 Å². The highest BCUT2D eigenvalue weighted by atomic mass is 16.5. The summed E-state index contributed by atoms with van der Waals surface area (Å²) in [5.74, 6) is 0.906. The number of hydrogen-bond acceptors (Lipinski definition) is 4. The van der Waals surface area contributed by atoms with Crippen molar-refractivity contribution in [3.05, 3.63) is 23.7 Å². The van der Waals surface area contributed by atoms with Gasteiger partial charge in [0.1, 0.15) is 23.7 Å². The van der Waals surface area contributed by atoms with Crippen molar-refractivity contribution in [3.63, 3.8) is 0 Å². The van der Waals surface area contributed by atoms with Crippen molar-refractivity contribution in [3.8, 4) is 0 Å². The molecular weight excluding hydrogens is 222 g/mol. The fraction of sp³-hybridized carbons (Fsp3) is 0.583. The van der Waals surface area contributed by atoms with E-state index in [1.54, 1.807) is 26.0 Å². The summed E-state index contributed by atoms with van der Waals surface area (Å²) in [7, 11) is 0. The van der Waals surface area contributed by atoms with Gasteiger partial charge in [-0.3, -0.25) is 4.79 Å². The highest BCUT2D eigenvalue weighted by Crippen LogP contribution is 2.21. The summed E-state index contributed by atoms with van der Waals surface area (Å²) in [4.78, 5) is 11.3. The molecule has 1 amide bonds. The molecule has 0 unspecified atom stereocenters. The number of amides is 1. The molecule has 0 fully saturated rings. The van der Waals surface area contributed by atoms with Crippen molar-refractivity contribution >= 4 is 5.91 Å². The summed E-state index contributed by atoms with van der Waals surface area (Å²) in [6.45, 7) is 5.78. The van der Waals surface area contributed by atoms with Gasteiger partial charge in [0, 0.05) is 6.61 Å². The maximum Gasteiger partial charge on any atom is 0.246 e. The molecule has 1 heterocycles. The summed E-state index contributed by atoms with van der Waals surface area (Å²) >= 11 is 0. The molecule has 0 bridgehead atoms. The fourth-order valence-corrected chi connectivity index (χ4v) is 1.33. The topological polar surface area (TPSA) is 71.7 Å². The number of aryl methyl sites for hydroxylation is 1. The van der Waals surface area contributed by atoms with Gasteiger partial charge in [-0.2, -0.15) is 0 Å². The third-order valence-corrected chi connectivity index (χ3v) is 2.34. The molecule has 1 aromatic rings. The van der Waals surface area contributed by atoms with E-state index >= 15 is 0 Å². The SMILES string of the molecule is CCOCC(=O)NC[C@](C)(O)c1ccc(C)o1. The lowest BCUT2D eigenvalue weighted by Crippen LogP contribution is -2.39. The molecule has 96 valence electrons. The van der Waals surface area contributed by atoms with Gasteiger partial charge in [0.05, 0.1) is 6.54 Å². The lowest BCUT2D eigenvalue weighted by atomic mass is 10.0. The van der Waals surface area contributed by atoms with Crippen molar-refractivity contribution in [2.45, 2.75) is 26.4 Å². The van der Waals surface area contributed by atoms with Crippen LogP contribution in [0.5, 0.6) is 0 Å². The predicted molar refractivity (Wildman–Crippen MR) is 62.5 cm³/mol. The molecule has 5 heteroatoms. The molecule has 0 saturated heterocycles. The van der Waals surface area contributed by atoms with Crippen molar-refractivity contribution < 1.29 is 19.1 Å². The molecule has 0 aromatic carbocycles. The summed E-state index contributed by atoms with van der Waals surface area (Å²) in [5, 5.41) is 12.7. The molecule has 0 saturated carbocycles. The van der Waals surface area contributed by atoms with Gasteiger partial charge in [0.15, 0.2) is 0 Å². The highest BCUT2D eigenvalue weighted by Gasteiger charge is 2.27. The van der Waals surface area contributed by atoms with Gasteiger partial charge < -0.3 is 19.6 Å². The Kier molecular flexibility index (Phi) is 4.72. The van der Waals surface area contributed by atoms with Crippen LogP contribution < -0.4 is 5.32 Å². The number of ether oxygens (including phenoxy) is 1. The number of carbonyl (C=O) groups excluding carboxylic acids is 1. The highest BCUT2D eigenvalue weighted by molar-refractivity contribution is 5.77. The van der Waals surface area contributed by atoms with Gasteiger partial charge in [-0.25, -0.2) is 0 Å². The number of aliphatic hydroxyl groups is 1. The lowest BCUT2D eigenvalue weighted by molar-refractivity contribution is -0.126. The van der Waals surface area contributed by atoms with Gasteiger partial charge in [-0.1, -0.05) is 0 Å². The van der Waals surface area contributed by atoms with Crippen LogP contribution in [0.1, 0.15) is 25.4 Å². The molecular formula is C12H19NO4. The zero-order valence-electron chi connectivity index (χ0n) is 10.4. The lowest BCUT2D eigenvalue weighted by Gasteiger charge is -2.21. The zero-order chi connectivity index (χ0) is 12.9. The van der Waals surface area contributed by atoms with Crippen molar-refractivity contribution in [1.29, 1.82) is 0 Å². The van der Waals surface area contributed by atoms with Crippen LogP contribution in [-0.4, -0.2) is 30.8 Å². The van der Waals surface area contributed by atoms with E-state index in [-0.39, 0.29) is 19.1 Å². The fourth-order valence-electron chi connectivity index (χ4n) is 1.33. The number of rotatable bonds is 6. The third kappa shape index (κ3) is 4.20. The third-order valence-electron chi connectivity index (χ3n) is 2.34. The van der Waals surface area contributed by atoms with E-state index in [9.17, 15) is 9.90 Å². The van der Waals surface area contributed by atoms with E-state index in [4.69, 9.17) is 9.15 Å². The Morgan fingerprint density at radius 1 is 1.59 bits per heavy atom. The Hall–Kier alpha value is -1.33. The van der Waals surface area contributed by atoms with E-state index in [1.165, 1.54) is 0 Å². The largest absolute Gasteiger partial charge is 0.463 e. The monoisotopic (exact) mass is 241 g/mol. The van der Waals surface area contributed by atoms with Gasteiger partial charge in [0.25, 0.3) is 0 Å². The predicted octanol–water partition coefficient (Wildman–Crippen LogP) is 0.948. The van der Waals surface area contributed by atoms with Gasteiger partial charge >= 0.3 is 0 Å². The Bertz CT molecular complexity index is 370. The molecule has 1 atom stereocenters. The molecule has 17 heavy (non-hydrogen) atoms. The van der Waals surface area contributed by atoms with E-state index in [2.05, 4.69) is 5.32 Å². The second kappa shape index (κ2) is 5.84. The minimum Gasteiger partial charge on any atom is -0.463 e. The average Bonchev–Trinajstić information content (AvgIpc) is 2.71. The molecule has 0 aliphatic carbocycles. The smallest absolute Gasteiger partial charge is 0.246 e. The summed E-state index contributed by atoms with van der Waals surface area (Å²) in [6, 6.07) is 3.47. The first-order valence-corrected chi connectivity index (χ1v) is 5.59. The Morgan fingerprint density at radius 2 is 2.29 bits per heavy atom. The minimum absolute atomic E-state index is 0.00373. The molecule has 0 aliphatic heterocycles. The molecule has 2 N–H and O–H groups in total. The van der Waals surface area contributed by atoms with Crippen LogP contribution in [0.3, 0.4) is 0 Å². The Labute approximate surface area is 101 Å². The normalized spacial score (nSPS) is 14.4. The van der Waals surface area contributed by atoms with Gasteiger partial charge in [0.2, 0.25) is 5.91 Å². The second-order valence-electron chi connectivity index (χ2n) is 4.10.